The highest BCUT2D eigenvalue weighted by Gasteiger charge is 2.09. The van der Waals surface area contributed by atoms with Gasteiger partial charge in [-0.3, -0.25) is 0 Å². The largest absolute Gasteiger partial charge is 0.459 e. The van der Waals surface area contributed by atoms with E-state index in [0.717, 1.165) is 0 Å². The molecule has 0 aliphatic heterocycles. The molecule has 0 unspecified atom stereocenters. The van der Waals surface area contributed by atoms with Crippen molar-refractivity contribution >= 4 is 5.97 Å². The van der Waals surface area contributed by atoms with Gasteiger partial charge >= 0.3 is 5.97 Å². The smallest absolute Gasteiger partial charge is 0.338 e. The van der Waals surface area contributed by atoms with E-state index < -0.39 is 11.1 Å². The molecule has 1 rings (SSSR count). The topological polar surface area (TPSA) is 78.7 Å². The Kier molecular flexibility index (Phi) is 4.45. The van der Waals surface area contributed by atoms with Crippen LogP contribution in [0.25, 0.3) is 0 Å². The Labute approximate surface area is 98.3 Å². The molecule has 0 N–H and O–H groups in total. The minimum absolute atomic E-state index is 0.185. The molecule has 0 saturated carbocycles. The first-order chi connectivity index (χ1) is 7.99. The number of benzene rings is 1. The summed E-state index contributed by atoms with van der Waals surface area (Å²) in [6.45, 7) is 3.31. The van der Waals surface area contributed by atoms with Gasteiger partial charge in [-0.2, -0.15) is 0 Å². The highest BCUT2D eigenvalue weighted by Crippen LogP contribution is 2.09. The predicted molar refractivity (Wildman–Crippen MR) is 58.8 cm³/mol. The van der Waals surface area contributed by atoms with E-state index in [4.69, 9.17) is 4.74 Å². The maximum atomic E-state index is 11.5. The molecule has 0 aliphatic rings. The van der Waals surface area contributed by atoms with Gasteiger partial charge < -0.3 is 9.57 Å². The number of hydrogen-bond donors (Lipinski definition) is 0. The monoisotopic (exact) mass is 239 g/mol. The van der Waals surface area contributed by atoms with Crippen LogP contribution < -0.4 is 0 Å². The fraction of sp³-hybridized carbons (Fsp3) is 0.364. The number of carbonyl (C=O) groups excluding carboxylic acids is 1. The molecule has 0 bridgehead atoms. The number of ether oxygens (including phenoxy) is 1. The van der Waals surface area contributed by atoms with E-state index in [1.165, 1.54) is 6.07 Å². The van der Waals surface area contributed by atoms with Crippen LogP contribution in [0.5, 0.6) is 0 Å². The Morgan fingerprint density at radius 2 is 2.18 bits per heavy atom. The average Bonchev–Trinajstić information content (AvgIpc) is 2.26. The van der Waals surface area contributed by atoms with Crippen molar-refractivity contribution in [2.24, 2.45) is 0 Å². The van der Waals surface area contributed by atoms with E-state index in [1.54, 1.807) is 32.0 Å². The summed E-state index contributed by atoms with van der Waals surface area (Å²) >= 11 is 0. The van der Waals surface area contributed by atoms with Gasteiger partial charge in [-0.05, 0) is 31.5 Å². The van der Waals surface area contributed by atoms with Gasteiger partial charge in [0.05, 0.1) is 11.7 Å². The summed E-state index contributed by atoms with van der Waals surface area (Å²) in [5.74, 6) is -0.456. The van der Waals surface area contributed by atoms with Crippen molar-refractivity contribution in [1.82, 2.24) is 0 Å². The van der Waals surface area contributed by atoms with Crippen LogP contribution in [0.2, 0.25) is 0 Å². The van der Waals surface area contributed by atoms with Gasteiger partial charge in [0, 0.05) is 0 Å². The first-order valence-corrected chi connectivity index (χ1v) is 5.06. The maximum absolute atomic E-state index is 11.5. The zero-order chi connectivity index (χ0) is 12.8. The summed E-state index contributed by atoms with van der Waals surface area (Å²) in [5.41, 5.74) is 0.892. The Hall–Kier alpha value is -2.11. The number of nitrogens with zero attached hydrogens (tertiary/aromatic N) is 1. The van der Waals surface area contributed by atoms with Gasteiger partial charge in [-0.15, -0.1) is 10.1 Å². The number of carbonyl (C=O) groups is 1. The van der Waals surface area contributed by atoms with Crippen LogP contribution in [0, 0.1) is 10.1 Å². The molecule has 0 radical (unpaired) electrons. The van der Waals surface area contributed by atoms with Gasteiger partial charge in [0.1, 0.15) is 6.61 Å². The Morgan fingerprint density at radius 3 is 2.76 bits per heavy atom. The summed E-state index contributed by atoms with van der Waals surface area (Å²) < 4.78 is 5.00. The molecule has 6 heteroatoms. The van der Waals surface area contributed by atoms with Crippen molar-refractivity contribution in [1.29, 1.82) is 0 Å². The number of hydrogen-bond acceptors (Lipinski definition) is 5. The molecule has 0 aliphatic carbocycles. The van der Waals surface area contributed by atoms with E-state index in [2.05, 4.69) is 4.84 Å². The minimum Gasteiger partial charge on any atom is -0.459 e. The summed E-state index contributed by atoms with van der Waals surface area (Å²) in [6, 6.07) is 6.35. The Bertz CT molecular complexity index is 416. The third-order valence-electron chi connectivity index (χ3n) is 1.84. The van der Waals surface area contributed by atoms with Crippen molar-refractivity contribution in [2.45, 2.75) is 26.6 Å². The zero-order valence-electron chi connectivity index (χ0n) is 9.58. The van der Waals surface area contributed by atoms with Gasteiger partial charge in [0.15, 0.2) is 0 Å². The maximum Gasteiger partial charge on any atom is 0.338 e. The lowest BCUT2D eigenvalue weighted by molar-refractivity contribution is -0.763. The molecule has 0 spiro atoms. The molecule has 1 aromatic carbocycles. The molecular weight excluding hydrogens is 226 g/mol. The minimum atomic E-state index is -0.876. The quantitative estimate of drug-likeness (QED) is 0.446. The van der Waals surface area contributed by atoms with Crippen molar-refractivity contribution in [3.8, 4) is 0 Å². The van der Waals surface area contributed by atoms with Crippen molar-refractivity contribution in [3.63, 3.8) is 0 Å². The first-order valence-electron chi connectivity index (χ1n) is 5.06. The van der Waals surface area contributed by atoms with Crippen LogP contribution in [0.4, 0.5) is 0 Å². The van der Waals surface area contributed by atoms with Gasteiger partial charge in [-0.1, -0.05) is 12.1 Å². The predicted octanol–water partition coefficient (Wildman–Crippen LogP) is 1.96. The Balaban J connectivity index is 2.71. The van der Waals surface area contributed by atoms with Crippen LogP contribution in [0.1, 0.15) is 29.8 Å². The van der Waals surface area contributed by atoms with E-state index in [9.17, 15) is 14.9 Å². The molecule has 0 heterocycles. The van der Waals surface area contributed by atoms with Gasteiger partial charge in [-0.25, -0.2) is 4.79 Å². The lowest BCUT2D eigenvalue weighted by Gasteiger charge is -2.08. The SMILES string of the molecule is CC(C)OC(=O)c1cccc(CO[N+](=O)[O-])c1. The molecule has 0 saturated heterocycles. The van der Waals surface area contributed by atoms with Crippen LogP contribution in [-0.2, 0) is 16.2 Å². The normalized spacial score (nSPS) is 10.1. The number of esters is 1. The second-order valence-corrected chi connectivity index (χ2v) is 3.65. The van der Waals surface area contributed by atoms with E-state index in [1.807, 2.05) is 0 Å². The lowest BCUT2D eigenvalue weighted by atomic mass is 10.1. The molecule has 0 aromatic heterocycles. The van der Waals surface area contributed by atoms with Crippen LogP contribution in [0.15, 0.2) is 24.3 Å². The fourth-order valence-electron chi connectivity index (χ4n) is 1.20. The highest BCUT2D eigenvalue weighted by molar-refractivity contribution is 5.89. The molecule has 0 atom stereocenters. The third-order valence-corrected chi connectivity index (χ3v) is 1.84. The standard InChI is InChI=1S/C11H13NO5/c1-8(2)17-11(13)10-5-3-4-9(6-10)7-16-12(14)15/h3-6,8H,7H2,1-2H3. The summed E-state index contributed by atoms with van der Waals surface area (Å²) in [7, 11) is 0. The van der Waals surface area contributed by atoms with Crippen molar-refractivity contribution < 1.29 is 19.5 Å². The second-order valence-electron chi connectivity index (χ2n) is 3.65. The summed E-state index contributed by atoms with van der Waals surface area (Å²) in [6.07, 6.45) is -0.207. The molecule has 92 valence electrons. The zero-order valence-corrected chi connectivity index (χ0v) is 9.58. The first kappa shape index (κ1) is 13.0. The molecule has 17 heavy (non-hydrogen) atoms. The lowest BCUT2D eigenvalue weighted by Crippen LogP contribution is -2.12. The van der Waals surface area contributed by atoms with E-state index in [-0.39, 0.29) is 12.7 Å². The summed E-state index contributed by atoms with van der Waals surface area (Å²) in [5, 5.41) is 9.15. The van der Waals surface area contributed by atoms with Crippen molar-refractivity contribution in [3.05, 3.63) is 45.5 Å². The molecule has 0 amide bonds. The van der Waals surface area contributed by atoms with Crippen LogP contribution >= 0.6 is 0 Å². The highest BCUT2D eigenvalue weighted by atomic mass is 16.9. The summed E-state index contributed by atoms with van der Waals surface area (Å²) in [4.78, 5) is 25.8. The van der Waals surface area contributed by atoms with Crippen molar-refractivity contribution in [2.75, 3.05) is 0 Å². The van der Waals surface area contributed by atoms with E-state index in [0.29, 0.717) is 11.1 Å². The number of rotatable bonds is 5. The average molecular weight is 239 g/mol. The molecular formula is C11H13NO5. The van der Waals surface area contributed by atoms with Gasteiger partial charge in [0.25, 0.3) is 5.09 Å². The van der Waals surface area contributed by atoms with Gasteiger partial charge in [0.2, 0.25) is 0 Å². The molecule has 6 nitrogen and oxygen atoms in total. The fourth-order valence-corrected chi connectivity index (χ4v) is 1.20. The molecule has 0 fully saturated rings. The third kappa shape index (κ3) is 4.50. The second kappa shape index (κ2) is 5.83. The van der Waals surface area contributed by atoms with Crippen LogP contribution in [0.3, 0.4) is 0 Å². The Morgan fingerprint density at radius 1 is 1.47 bits per heavy atom. The molecule has 1 aromatic rings. The van der Waals surface area contributed by atoms with E-state index >= 15 is 0 Å². The van der Waals surface area contributed by atoms with Crippen LogP contribution in [-0.4, -0.2) is 17.2 Å².